The lowest BCUT2D eigenvalue weighted by Gasteiger charge is -2.25. The van der Waals surface area contributed by atoms with E-state index in [2.05, 4.69) is 10.1 Å². The van der Waals surface area contributed by atoms with E-state index in [0.717, 1.165) is 0 Å². The van der Waals surface area contributed by atoms with Crippen LogP contribution in [0.5, 0.6) is 0 Å². The first-order chi connectivity index (χ1) is 7.14. The van der Waals surface area contributed by atoms with E-state index >= 15 is 0 Å². The molecule has 1 fully saturated rings. The number of ether oxygens (including phenoxy) is 1. The summed E-state index contributed by atoms with van der Waals surface area (Å²) in [5.74, 6) is -3.51. The molecule has 5 nitrogen and oxygen atoms in total. The first-order valence-corrected chi connectivity index (χ1v) is 4.45. The van der Waals surface area contributed by atoms with Crippen LogP contribution in [0.3, 0.4) is 0 Å². The van der Waals surface area contributed by atoms with Crippen molar-refractivity contribution in [3.05, 3.63) is 0 Å². The highest BCUT2D eigenvalue weighted by molar-refractivity contribution is 5.77. The van der Waals surface area contributed by atoms with E-state index in [1.807, 2.05) is 0 Å². The molecule has 1 aliphatic heterocycles. The molecular weight excluding hydrogens is 231 g/mol. The summed E-state index contributed by atoms with van der Waals surface area (Å²) in [5, 5.41) is 10.9. The number of hydrogen-bond donors (Lipinski definition) is 2. The van der Waals surface area contributed by atoms with E-state index in [1.54, 1.807) is 0 Å². The molecule has 0 aromatic rings. The highest BCUT2D eigenvalue weighted by Gasteiger charge is 2.48. The SMILES string of the molecule is CC1(OC(=O)C(F)(F)F)CC[C@@H](C(=O)O)N1. The number of carbonyl (C=O) groups is 2. The monoisotopic (exact) mass is 241 g/mol. The Morgan fingerprint density at radius 1 is 1.50 bits per heavy atom. The minimum atomic E-state index is -5.08. The molecule has 0 aliphatic carbocycles. The van der Waals surface area contributed by atoms with Gasteiger partial charge in [-0.3, -0.25) is 10.1 Å². The summed E-state index contributed by atoms with van der Waals surface area (Å²) < 4.78 is 39.9. The molecule has 0 spiro atoms. The summed E-state index contributed by atoms with van der Waals surface area (Å²) in [5.41, 5.74) is -1.57. The smallest absolute Gasteiger partial charge is 0.480 e. The molecule has 0 bridgehead atoms. The number of hydrogen-bond acceptors (Lipinski definition) is 4. The molecule has 0 radical (unpaired) electrons. The molecular formula is C8H10F3NO4. The maximum Gasteiger partial charge on any atom is 0.490 e. The highest BCUT2D eigenvalue weighted by atomic mass is 19.4. The third-order valence-electron chi connectivity index (χ3n) is 2.24. The zero-order valence-electron chi connectivity index (χ0n) is 8.30. The number of aliphatic carboxylic acids is 1. The molecule has 8 heteroatoms. The maximum absolute atomic E-state index is 11.9. The molecule has 0 amide bonds. The van der Waals surface area contributed by atoms with Crippen LogP contribution in [-0.4, -0.2) is 35.0 Å². The van der Waals surface area contributed by atoms with Gasteiger partial charge in [-0.15, -0.1) is 0 Å². The zero-order chi connectivity index (χ0) is 12.6. The summed E-state index contributed by atoms with van der Waals surface area (Å²) in [6.45, 7) is 1.21. The molecule has 1 rings (SSSR count). The van der Waals surface area contributed by atoms with Crippen LogP contribution in [0.15, 0.2) is 0 Å². The number of rotatable bonds is 2. The Balaban J connectivity index is 2.62. The third kappa shape index (κ3) is 2.84. The molecule has 92 valence electrons. The Hall–Kier alpha value is -1.31. The molecule has 2 N–H and O–H groups in total. The molecule has 1 saturated heterocycles. The van der Waals surface area contributed by atoms with Crippen molar-refractivity contribution in [2.75, 3.05) is 0 Å². The number of carboxylic acid groups (broad SMARTS) is 1. The Labute approximate surface area is 88.6 Å². The lowest BCUT2D eigenvalue weighted by atomic mass is 10.2. The largest absolute Gasteiger partial charge is 0.490 e. The predicted molar refractivity (Wildman–Crippen MR) is 44.3 cm³/mol. The van der Waals surface area contributed by atoms with E-state index in [4.69, 9.17) is 5.11 Å². The number of halogens is 3. The second-order valence-electron chi connectivity index (χ2n) is 3.69. The minimum absolute atomic E-state index is 0.0196. The lowest BCUT2D eigenvalue weighted by Crippen LogP contribution is -2.48. The summed E-state index contributed by atoms with van der Waals surface area (Å²) in [7, 11) is 0. The molecule has 0 aromatic carbocycles. The van der Waals surface area contributed by atoms with Crippen LogP contribution in [0.2, 0.25) is 0 Å². The normalized spacial score (nSPS) is 30.1. The Morgan fingerprint density at radius 3 is 2.44 bits per heavy atom. The van der Waals surface area contributed by atoms with Crippen molar-refractivity contribution >= 4 is 11.9 Å². The maximum atomic E-state index is 11.9. The van der Waals surface area contributed by atoms with E-state index < -0.39 is 29.9 Å². The van der Waals surface area contributed by atoms with Crippen LogP contribution in [0.4, 0.5) is 13.2 Å². The van der Waals surface area contributed by atoms with Crippen molar-refractivity contribution in [1.29, 1.82) is 0 Å². The molecule has 1 aliphatic rings. The number of esters is 1. The molecule has 1 heterocycles. The molecule has 2 atom stereocenters. The zero-order valence-corrected chi connectivity index (χ0v) is 8.30. The van der Waals surface area contributed by atoms with Gasteiger partial charge in [0.15, 0.2) is 5.72 Å². The average Bonchev–Trinajstić information content (AvgIpc) is 2.46. The second-order valence-corrected chi connectivity index (χ2v) is 3.69. The van der Waals surface area contributed by atoms with Crippen molar-refractivity contribution in [1.82, 2.24) is 5.32 Å². The van der Waals surface area contributed by atoms with Gasteiger partial charge in [0, 0.05) is 6.42 Å². The quantitative estimate of drug-likeness (QED) is 0.694. The summed E-state index contributed by atoms with van der Waals surface area (Å²) in [6.07, 6.45) is -4.95. The van der Waals surface area contributed by atoms with Gasteiger partial charge >= 0.3 is 18.1 Å². The number of nitrogens with one attached hydrogen (secondary N) is 1. The van der Waals surface area contributed by atoms with Gasteiger partial charge in [-0.2, -0.15) is 13.2 Å². The van der Waals surface area contributed by atoms with Gasteiger partial charge in [-0.05, 0) is 13.3 Å². The van der Waals surface area contributed by atoms with Crippen molar-refractivity contribution < 1.29 is 32.6 Å². The van der Waals surface area contributed by atoms with Crippen LogP contribution in [0, 0.1) is 0 Å². The van der Waals surface area contributed by atoms with Gasteiger partial charge in [-0.25, -0.2) is 4.79 Å². The first kappa shape index (κ1) is 12.8. The van der Waals surface area contributed by atoms with Crippen LogP contribution >= 0.6 is 0 Å². The molecule has 0 saturated carbocycles. The van der Waals surface area contributed by atoms with Crippen molar-refractivity contribution in [3.8, 4) is 0 Å². The van der Waals surface area contributed by atoms with E-state index in [0.29, 0.717) is 0 Å². The lowest BCUT2D eigenvalue weighted by molar-refractivity contribution is -0.214. The average molecular weight is 241 g/mol. The van der Waals surface area contributed by atoms with Crippen molar-refractivity contribution in [3.63, 3.8) is 0 Å². The van der Waals surface area contributed by atoms with Gasteiger partial charge in [0.1, 0.15) is 6.04 Å². The molecule has 16 heavy (non-hydrogen) atoms. The minimum Gasteiger partial charge on any atom is -0.480 e. The van der Waals surface area contributed by atoms with Crippen molar-refractivity contribution in [2.24, 2.45) is 0 Å². The predicted octanol–water partition coefficient (Wildman–Crippen LogP) is 0.645. The summed E-state index contributed by atoms with van der Waals surface area (Å²) in [4.78, 5) is 21.1. The molecule has 0 aromatic heterocycles. The van der Waals surface area contributed by atoms with Crippen LogP contribution in [0.1, 0.15) is 19.8 Å². The highest BCUT2D eigenvalue weighted by Crippen LogP contribution is 2.28. The fourth-order valence-corrected chi connectivity index (χ4v) is 1.46. The summed E-state index contributed by atoms with van der Waals surface area (Å²) in [6, 6.07) is -0.994. The summed E-state index contributed by atoms with van der Waals surface area (Å²) >= 11 is 0. The van der Waals surface area contributed by atoms with Crippen LogP contribution in [-0.2, 0) is 14.3 Å². The second kappa shape index (κ2) is 3.93. The number of carboxylic acids is 1. The topological polar surface area (TPSA) is 75.6 Å². The van der Waals surface area contributed by atoms with Crippen LogP contribution in [0.25, 0.3) is 0 Å². The van der Waals surface area contributed by atoms with Gasteiger partial charge < -0.3 is 9.84 Å². The van der Waals surface area contributed by atoms with E-state index in [1.165, 1.54) is 6.92 Å². The first-order valence-electron chi connectivity index (χ1n) is 4.45. The fraction of sp³-hybridized carbons (Fsp3) is 0.750. The van der Waals surface area contributed by atoms with Gasteiger partial charge in [0.2, 0.25) is 0 Å². The Kier molecular flexibility index (Phi) is 3.13. The molecule has 1 unspecified atom stereocenters. The Bertz CT molecular complexity index is 317. The third-order valence-corrected chi connectivity index (χ3v) is 2.24. The van der Waals surface area contributed by atoms with Gasteiger partial charge in [0.25, 0.3) is 0 Å². The fourth-order valence-electron chi connectivity index (χ4n) is 1.46. The van der Waals surface area contributed by atoms with Gasteiger partial charge in [0.05, 0.1) is 0 Å². The van der Waals surface area contributed by atoms with Crippen LogP contribution < -0.4 is 5.32 Å². The number of alkyl halides is 3. The van der Waals surface area contributed by atoms with Crippen molar-refractivity contribution in [2.45, 2.75) is 37.7 Å². The van der Waals surface area contributed by atoms with E-state index in [9.17, 15) is 22.8 Å². The Morgan fingerprint density at radius 2 is 2.06 bits per heavy atom. The van der Waals surface area contributed by atoms with Gasteiger partial charge in [-0.1, -0.05) is 0 Å². The van der Waals surface area contributed by atoms with E-state index in [-0.39, 0.29) is 12.8 Å². The number of carbonyl (C=O) groups excluding carboxylic acids is 1. The standard InChI is InChI=1S/C8H10F3NO4/c1-7(16-6(15)8(9,10)11)3-2-4(12-7)5(13)14/h4,12H,2-3H2,1H3,(H,13,14)/t4-,7?/m0/s1.